The van der Waals surface area contributed by atoms with Gasteiger partial charge in [0.15, 0.2) is 5.69 Å². The van der Waals surface area contributed by atoms with Gasteiger partial charge in [-0.2, -0.15) is 5.10 Å². The lowest BCUT2D eigenvalue weighted by Crippen LogP contribution is -2.29. The highest BCUT2D eigenvalue weighted by molar-refractivity contribution is 6.10. The van der Waals surface area contributed by atoms with Crippen LogP contribution in [-0.4, -0.2) is 32.9 Å². The molecule has 0 aromatic carbocycles. The zero-order valence-electron chi connectivity index (χ0n) is 11.4. The molecule has 0 aliphatic carbocycles. The summed E-state index contributed by atoms with van der Waals surface area (Å²) in [7, 11) is 0. The Bertz CT molecular complexity index is 687. The zero-order valence-corrected chi connectivity index (χ0v) is 11.4. The number of carbonyl (C=O) groups excluding carboxylic acids is 1. The minimum Gasteiger partial charge on any atom is -0.345 e. The topological polar surface area (TPSA) is 72.2 Å². The summed E-state index contributed by atoms with van der Waals surface area (Å²) in [6.07, 6.45) is 3.43. The number of aliphatic imine (C=N–C) groups is 1. The molecule has 1 aliphatic heterocycles. The van der Waals surface area contributed by atoms with Crippen molar-refractivity contribution in [3.05, 3.63) is 41.5 Å². The van der Waals surface area contributed by atoms with Gasteiger partial charge >= 0.3 is 0 Å². The molecule has 6 heteroatoms. The number of fused-ring (bicyclic) bond motifs is 1. The van der Waals surface area contributed by atoms with E-state index in [1.54, 1.807) is 17.1 Å². The van der Waals surface area contributed by atoms with Gasteiger partial charge in [0.1, 0.15) is 5.69 Å². The van der Waals surface area contributed by atoms with Crippen molar-refractivity contribution in [2.75, 3.05) is 6.54 Å². The monoisotopic (exact) mass is 269 g/mol. The Balaban J connectivity index is 2.15. The average molecular weight is 269 g/mol. The number of aryl methyl sites for hydroxylation is 2. The molecule has 3 rings (SSSR count). The summed E-state index contributed by atoms with van der Waals surface area (Å²) in [5, 5.41) is 7.25. The van der Waals surface area contributed by atoms with Crippen LogP contribution in [0.25, 0.3) is 0 Å². The van der Waals surface area contributed by atoms with Crippen LogP contribution in [-0.2, 0) is 6.54 Å². The number of amides is 1. The summed E-state index contributed by atoms with van der Waals surface area (Å²) < 4.78 is 1.69. The molecule has 2 aromatic rings. The molecule has 2 aromatic heterocycles. The van der Waals surface area contributed by atoms with Gasteiger partial charge in [-0.3, -0.25) is 14.5 Å². The van der Waals surface area contributed by atoms with Crippen LogP contribution in [0.15, 0.2) is 29.5 Å². The van der Waals surface area contributed by atoms with Crippen LogP contribution in [0.3, 0.4) is 0 Å². The molecule has 3 heterocycles. The molecule has 0 saturated heterocycles. The third-order valence-electron chi connectivity index (χ3n) is 3.29. The highest BCUT2D eigenvalue weighted by Gasteiger charge is 2.24. The highest BCUT2D eigenvalue weighted by Crippen LogP contribution is 2.26. The van der Waals surface area contributed by atoms with Crippen LogP contribution in [0.1, 0.15) is 28.7 Å². The Morgan fingerprint density at radius 2 is 2.10 bits per heavy atom. The molecule has 0 radical (unpaired) electrons. The minimum atomic E-state index is -0.129. The molecule has 0 fully saturated rings. The quantitative estimate of drug-likeness (QED) is 0.897. The Hall–Kier alpha value is -2.50. The summed E-state index contributed by atoms with van der Waals surface area (Å²) in [5.41, 5.74) is 3.74. The maximum absolute atomic E-state index is 12.2. The molecule has 0 unspecified atom stereocenters. The molecule has 6 nitrogen and oxygen atoms in total. The molecule has 1 amide bonds. The second-order valence-electron chi connectivity index (χ2n) is 4.58. The van der Waals surface area contributed by atoms with E-state index in [0.717, 1.165) is 17.0 Å². The van der Waals surface area contributed by atoms with Gasteiger partial charge < -0.3 is 5.32 Å². The van der Waals surface area contributed by atoms with Gasteiger partial charge in [-0.25, -0.2) is 4.99 Å². The maximum Gasteiger partial charge on any atom is 0.272 e. The van der Waals surface area contributed by atoms with Crippen molar-refractivity contribution < 1.29 is 4.79 Å². The van der Waals surface area contributed by atoms with Gasteiger partial charge in [-0.05, 0) is 26.0 Å². The Morgan fingerprint density at radius 3 is 2.80 bits per heavy atom. The Kier molecular flexibility index (Phi) is 3.06. The molecule has 0 atom stereocenters. The van der Waals surface area contributed by atoms with E-state index in [1.165, 1.54) is 0 Å². The molecule has 1 aliphatic rings. The summed E-state index contributed by atoms with van der Waals surface area (Å²) in [4.78, 5) is 20.9. The van der Waals surface area contributed by atoms with E-state index < -0.39 is 0 Å². The Labute approximate surface area is 116 Å². The van der Waals surface area contributed by atoms with Crippen molar-refractivity contribution in [2.24, 2.45) is 4.99 Å². The van der Waals surface area contributed by atoms with Crippen LogP contribution in [0.5, 0.6) is 0 Å². The van der Waals surface area contributed by atoms with Crippen LogP contribution in [0.4, 0.5) is 5.69 Å². The number of pyridine rings is 1. The first-order chi connectivity index (χ1) is 9.70. The summed E-state index contributed by atoms with van der Waals surface area (Å²) in [5.74, 6) is -0.129. The molecule has 0 spiro atoms. The van der Waals surface area contributed by atoms with Gasteiger partial charge in [0, 0.05) is 24.5 Å². The minimum absolute atomic E-state index is 0.129. The van der Waals surface area contributed by atoms with Crippen molar-refractivity contribution in [3.8, 4) is 0 Å². The molecule has 20 heavy (non-hydrogen) atoms. The van der Waals surface area contributed by atoms with Crippen molar-refractivity contribution >= 4 is 17.3 Å². The fourth-order valence-corrected chi connectivity index (χ4v) is 2.29. The van der Waals surface area contributed by atoms with E-state index in [4.69, 9.17) is 0 Å². The molecule has 1 N–H and O–H groups in total. The van der Waals surface area contributed by atoms with Crippen molar-refractivity contribution in [1.82, 2.24) is 20.1 Å². The molecular formula is C14H15N5O. The zero-order chi connectivity index (χ0) is 14.1. The summed E-state index contributed by atoms with van der Waals surface area (Å²) in [6.45, 7) is 4.88. The van der Waals surface area contributed by atoms with Gasteiger partial charge in [0.05, 0.1) is 18.0 Å². The van der Waals surface area contributed by atoms with Crippen LogP contribution in [0, 0.1) is 6.92 Å². The third-order valence-corrected chi connectivity index (χ3v) is 3.29. The first kappa shape index (κ1) is 12.5. The standard InChI is InChI=1S/C14H15N5O/c1-3-19-13-12(9(2)18-19)17-11(8-16-14(13)20)10-4-6-15-7-5-10/h4-7H,3,8H2,1-2H3,(H,16,20). The number of aromatic nitrogens is 3. The van der Waals surface area contributed by atoms with E-state index in [2.05, 4.69) is 20.4 Å². The molecular weight excluding hydrogens is 254 g/mol. The predicted octanol–water partition coefficient (Wildman–Crippen LogP) is 1.47. The second-order valence-corrected chi connectivity index (χ2v) is 4.58. The normalized spacial score (nSPS) is 14.3. The lowest BCUT2D eigenvalue weighted by Gasteiger charge is -2.05. The van der Waals surface area contributed by atoms with E-state index in [-0.39, 0.29) is 5.91 Å². The van der Waals surface area contributed by atoms with Gasteiger partial charge in [-0.15, -0.1) is 0 Å². The number of hydrogen-bond donors (Lipinski definition) is 1. The molecule has 0 bridgehead atoms. The Morgan fingerprint density at radius 1 is 1.35 bits per heavy atom. The van der Waals surface area contributed by atoms with E-state index in [1.807, 2.05) is 26.0 Å². The summed E-state index contributed by atoms with van der Waals surface area (Å²) >= 11 is 0. The average Bonchev–Trinajstić information content (AvgIpc) is 2.68. The van der Waals surface area contributed by atoms with Crippen molar-refractivity contribution in [1.29, 1.82) is 0 Å². The third kappa shape index (κ3) is 1.99. The lowest BCUT2D eigenvalue weighted by atomic mass is 10.1. The lowest BCUT2D eigenvalue weighted by molar-refractivity contribution is 0.0950. The fourth-order valence-electron chi connectivity index (χ4n) is 2.29. The summed E-state index contributed by atoms with van der Waals surface area (Å²) in [6, 6.07) is 3.77. The van der Waals surface area contributed by atoms with Crippen LogP contribution < -0.4 is 5.32 Å². The molecule has 0 saturated carbocycles. The van der Waals surface area contributed by atoms with Gasteiger partial charge in [0.25, 0.3) is 5.91 Å². The maximum atomic E-state index is 12.2. The van der Waals surface area contributed by atoms with E-state index >= 15 is 0 Å². The number of nitrogens with zero attached hydrogens (tertiary/aromatic N) is 4. The smallest absolute Gasteiger partial charge is 0.272 e. The van der Waals surface area contributed by atoms with Crippen LogP contribution in [0.2, 0.25) is 0 Å². The first-order valence-electron chi connectivity index (χ1n) is 6.54. The van der Waals surface area contributed by atoms with E-state index in [0.29, 0.717) is 24.5 Å². The number of carbonyl (C=O) groups is 1. The van der Waals surface area contributed by atoms with Crippen molar-refractivity contribution in [3.63, 3.8) is 0 Å². The SMILES string of the molecule is CCn1nc(C)c2c1C(=O)NCC(c1ccncc1)=N2. The van der Waals surface area contributed by atoms with Gasteiger partial charge in [-0.1, -0.05) is 0 Å². The number of rotatable bonds is 2. The van der Waals surface area contributed by atoms with Crippen LogP contribution >= 0.6 is 0 Å². The number of nitrogens with one attached hydrogen (secondary N) is 1. The van der Waals surface area contributed by atoms with Crippen molar-refractivity contribution in [2.45, 2.75) is 20.4 Å². The first-order valence-corrected chi connectivity index (χ1v) is 6.54. The predicted molar refractivity (Wildman–Crippen MR) is 75.4 cm³/mol. The van der Waals surface area contributed by atoms with E-state index in [9.17, 15) is 4.79 Å². The van der Waals surface area contributed by atoms with Gasteiger partial charge in [0.2, 0.25) is 0 Å². The fraction of sp³-hybridized carbons (Fsp3) is 0.286. The number of hydrogen-bond acceptors (Lipinski definition) is 4. The highest BCUT2D eigenvalue weighted by atomic mass is 16.2. The molecule has 102 valence electrons. The second kappa shape index (κ2) is 4.88. The largest absolute Gasteiger partial charge is 0.345 e.